The van der Waals surface area contributed by atoms with Gasteiger partial charge in [0.25, 0.3) is 5.91 Å². The van der Waals surface area contributed by atoms with E-state index < -0.39 is 0 Å². The SMILES string of the molecule is CC1CC(C)CN(C(=O)c2cccnc2NN)C1. The third-order valence-corrected chi connectivity index (χ3v) is 3.33. The predicted molar refractivity (Wildman–Crippen MR) is 70.9 cm³/mol. The molecule has 0 saturated carbocycles. The number of hydrogen-bond donors (Lipinski definition) is 2. The molecule has 2 heterocycles. The van der Waals surface area contributed by atoms with Crippen LogP contribution in [0.2, 0.25) is 0 Å². The summed E-state index contributed by atoms with van der Waals surface area (Å²) in [6, 6.07) is 3.51. The van der Waals surface area contributed by atoms with Gasteiger partial charge in [-0.1, -0.05) is 13.8 Å². The first-order chi connectivity index (χ1) is 8.61. The molecule has 0 aromatic carbocycles. The van der Waals surface area contributed by atoms with Crippen LogP contribution < -0.4 is 11.3 Å². The molecule has 5 heteroatoms. The fourth-order valence-corrected chi connectivity index (χ4v) is 2.69. The normalized spacial score (nSPS) is 23.8. The topological polar surface area (TPSA) is 71.2 Å². The van der Waals surface area contributed by atoms with Gasteiger partial charge in [0.2, 0.25) is 0 Å². The number of nitrogens with one attached hydrogen (secondary N) is 1. The van der Waals surface area contributed by atoms with Crippen LogP contribution in [0.25, 0.3) is 0 Å². The van der Waals surface area contributed by atoms with Crippen LogP contribution in [0, 0.1) is 11.8 Å². The molecule has 1 amide bonds. The van der Waals surface area contributed by atoms with Crippen molar-refractivity contribution in [3.63, 3.8) is 0 Å². The van der Waals surface area contributed by atoms with Crippen molar-refractivity contribution in [2.45, 2.75) is 20.3 Å². The number of aromatic nitrogens is 1. The molecule has 0 radical (unpaired) electrons. The van der Waals surface area contributed by atoms with Crippen molar-refractivity contribution in [2.24, 2.45) is 17.7 Å². The van der Waals surface area contributed by atoms with Crippen molar-refractivity contribution < 1.29 is 4.79 Å². The number of nitrogen functional groups attached to an aromatic ring is 1. The van der Waals surface area contributed by atoms with Crippen LogP contribution in [0.15, 0.2) is 18.3 Å². The molecule has 3 N–H and O–H groups in total. The van der Waals surface area contributed by atoms with E-state index in [-0.39, 0.29) is 5.91 Å². The Hall–Kier alpha value is -1.62. The Labute approximate surface area is 107 Å². The monoisotopic (exact) mass is 248 g/mol. The first kappa shape index (κ1) is 12.8. The average molecular weight is 248 g/mol. The van der Waals surface area contributed by atoms with E-state index in [1.54, 1.807) is 18.3 Å². The van der Waals surface area contributed by atoms with Crippen molar-refractivity contribution in [1.82, 2.24) is 9.88 Å². The molecule has 2 rings (SSSR count). The van der Waals surface area contributed by atoms with Crippen LogP contribution in [0.1, 0.15) is 30.6 Å². The number of piperidine rings is 1. The maximum Gasteiger partial charge on any atom is 0.257 e. The van der Waals surface area contributed by atoms with E-state index in [2.05, 4.69) is 24.3 Å². The molecule has 0 spiro atoms. The van der Waals surface area contributed by atoms with Crippen LogP contribution in [-0.4, -0.2) is 28.9 Å². The Balaban J connectivity index is 2.20. The minimum absolute atomic E-state index is 0.00875. The van der Waals surface area contributed by atoms with E-state index >= 15 is 0 Å². The quantitative estimate of drug-likeness (QED) is 0.614. The number of rotatable bonds is 2. The third kappa shape index (κ3) is 2.61. The van der Waals surface area contributed by atoms with E-state index in [1.165, 1.54) is 6.42 Å². The molecule has 2 unspecified atom stereocenters. The zero-order chi connectivity index (χ0) is 13.1. The smallest absolute Gasteiger partial charge is 0.257 e. The summed E-state index contributed by atoms with van der Waals surface area (Å²) in [7, 11) is 0. The molecule has 98 valence electrons. The summed E-state index contributed by atoms with van der Waals surface area (Å²) in [6.07, 6.45) is 2.80. The van der Waals surface area contributed by atoms with E-state index in [9.17, 15) is 4.79 Å². The van der Waals surface area contributed by atoms with Gasteiger partial charge in [-0.2, -0.15) is 0 Å². The number of likely N-dealkylation sites (tertiary alicyclic amines) is 1. The van der Waals surface area contributed by atoms with E-state index in [1.807, 2.05) is 4.90 Å². The number of nitrogens with two attached hydrogens (primary N) is 1. The van der Waals surface area contributed by atoms with Gasteiger partial charge in [0.05, 0.1) is 5.56 Å². The van der Waals surface area contributed by atoms with E-state index in [0.717, 1.165) is 13.1 Å². The Bertz CT molecular complexity index is 425. The van der Waals surface area contributed by atoms with Crippen LogP contribution in [0.5, 0.6) is 0 Å². The lowest BCUT2D eigenvalue weighted by Gasteiger charge is -2.35. The largest absolute Gasteiger partial charge is 0.338 e. The Kier molecular flexibility index (Phi) is 3.81. The Morgan fingerprint density at radius 2 is 2.11 bits per heavy atom. The highest BCUT2D eigenvalue weighted by Crippen LogP contribution is 2.23. The van der Waals surface area contributed by atoms with Gasteiger partial charge in [0.1, 0.15) is 0 Å². The molecule has 0 bridgehead atoms. The third-order valence-electron chi connectivity index (χ3n) is 3.33. The van der Waals surface area contributed by atoms with Gasteiger partial charge in [-0.3, -0.25) is 4.79 Å². The number of nitrogens with zero attached hydrogens (tertiary/aromatic N) is 2. The molecule has 1 aromatic rings. The second-order valence-corrected chi connectivity index (χ2v) is 5.20. The van der Waals surface area contributed by atoms with Crippen molar-refractivity contribution in [3.8, 4) is 0 Å². The number of amides is 1. The minimum atomic E-state index is 0.00875. The summed E-state index contributed by atoms with van der Waals surface area (Å²) in [4.78, 5) is 18.4. The van der Waals surface area contributed by atoms with E-state index in [0.29, 0.717) is 23.2 Å². The lowest BCUT2D eigenvalue weighted by Crippen LogP contribution is -2.42. The van der Waals surface area contributed by atoms with Crippen molar-refractivity contribution in [2.75, 3.05) is 18.5 Å². The zero-order valence-electron chi connectivity index (χ0n) is 10.9. The number of pyridine rings is 1. The maximum absolute atomic E-state index is 12.5. The van der Waals surface area contributed by atoms with Gasteiger partial charge < -0.3 is 10.3 Å². The van der Waals surface area contributed by atoms with Gasteiger partial charge in [-0.25, -0.2) is 10.8 Å². The van der Waals surface area contributed by atoms with Crippen LogP contribution in [-0.2, 0) is 0 Å². The highest BCUT2D eigenvalue weighted by molar-refractivity contribution is 5.98. The van der Waals surface area contributed by atoms with Gasteiger partial charge in [-0.05, 0) is 30.4 Å². The van der Waals surface area contributed by atoms with Gasteiger partial charge in [-0.15, -0.1) is 0 Å². The first-order valence-corrected chi connectivity index (χ1v) is 6.32. The molecule has 1 aromatic heterocycles. The molecule has 5 nitrogen and oxygen atoms in total. The molecule has 0 aliphatic carbocycles. The molecule has 1 saturated heterocycles. The highest BCUT2D eigenvalue weighted by Gasteiger charge is 2.27. The molecule has 1 aliphatic rings. The molecule has 18 heavy (non-hydrogen) atoms. The molecule has 1 fully saturated rings. The van der Waals surface area contributed by atoms with Crippen molar-refractivity contribution >= 4 is 11.7 Å². The highest BCUT2D eigenvalue weighted by atomic mass is 16.2. The fourth-order valence-electron chi connectivity index (χ4n) is 2.69. The van der Waals surface area contributed by atoms with Crippen LogP contribution in [0.3, 0.4) is 0 Å². The van der Waals surface area contributed by atoms with Crippen LogP contribution in [0.4, 0.5) is 5.82 Å². The number of carbonyl (C=O) groups excluding carboxylic acids is 1. The minimum Gasteiger partial charge on any atom is -0.338 e. The zero-order valence-corrected chi connectivity index (χ0v) is 10.9. The summed E-state index contributed by atoms with van der Waals surface area (Å²) in [6.45, 7) is 5.98. The van der Waals surface area contributed by atoms with Crippen molar-refractivity contribution in [3.05, 3.63) is 23.9 Å². The molecular weight excluding hydrogens is 228 g/mol. The second kappa shape index (κ2) is 5.35. The number of hydrazine groups is 1. The van der Waals surface area contributed by atoms with Gasteiger partial charge in [0.15, 0.2) is 5.82 Å². The van der Waals surface area contributed by atoms with Gasteiger partial charge in [0, 0.05) is 19.3 Å². The number of hydrogen-bond acceptors (Lipinski definition) is 4. The average Bonchev–Trinajstić information content (AvgIpc) is 2.36. The standard InChI is InChI=1S/C13H20N4O/c1-9-6-10(2)8-17(7-9)13(18)11-4-3-5-15-12(11)16-14/h3-5,9-10H,6-8,14H2,1-2H3,(H,15,16). The summed E-state index contributed by atoms with van der Waals surface area (Å²) >= 11 is 0. The predicted octanol–water partition coefficient (Wildman–Crippen LogP) is 1.49. The molecule has 2 atom stereocenters. The summed E-state index contributed by atoms with van der Waals surface area (Å²) in [5.41, 5.74) is 3.02. The summed E-state index contributed by atoms with van der Waals surface area (Å²) in [5.74, 6) is 6.93. The maximum atomic E-state index is 12.5. The summed E-state index contributed by atoms with van der Waals surface area (Å²) < 4.78 is 0. The fraction of sp³-hybridized carbons (Fsp3) is 0.538. The number of anilines is 1. The van der Waals surface area contributed by atoms with Gasteiger partial charge >= 0.3 is 0 Å². The lowest BCUT2D eigenvalue weighted by atomic mass is 9.91. The van der Waals surface area contributed by atoms with E-state index in [4.69, 9.17) is 5.84 Å². The lowest BCUT2D eigenvalue weighted by molar-refractivity contribution is 0.0623. The Morgan fingerprint density at radius 1 is 1.44 bits per heavy atom. The number of carbonyl (C=O) groups is 1. The Morgan fingerprint density at radius 3 is 2.72 bits per heavy atom. The first-order valence-electron chi connectivity index (χ1n) is 6.32. The van der Waals surface area contributed by atoms with Crippen molar-refractivity contribution in [1.29, 1.82) is 0 Å². The van der Waals surface area contributed by atoms with Crippen LogP contribution >= 0.6 is 0 Å². The molecular formula is C13H20N4O. The molecule has 1 aliphatic heterocycles. The summed E-state index contributed by atoms with van der Waals surface area (Å²) in [5, 5.41) is 0. The second-order valence-electron chi connectivity index (χ2n) is 5.20.